The molecule has 1 amide bonds. The molecule has 3 N–H and O–H groups in total. The van der Waals surface area contributed by atoms with Crippen molar-refractivity contribution >= 4 is 42.0 Å². The van der Waals surface area contributed by atoms with Crippen LogP contribution in [0.4, 0.5) is 11.4 Å². The van der Waals surface area contributed by atoms with Gasteiger partial charge < -0.3 is 11.1 Å². The standard InChI is InChI=1S/C25H21N2O3PS/c1-17(30-31(29)21-9-3-2-4-10-21)18-7-5-8-20(15-18)25(28)27-23-16-19(12-13-22(23)26)24-11-6-14-32-24/h2-17H,26H2,1H3/p+1. The Hall–Kier alpha value is -3.31. The number of nitrogens with one attached hydrogen (secondary N) is 1. The Morgan fingerprint density at radius 3 is 2.56 bits per heavy atom. The highest BCUT2D eigenvalue weighted by molar-refractivity contribution is 7.48. The fraction of sp³-hybridized carbons (Fsp3) is 0.0800. The molecule has 1 aromatic heterocycles. The lowest BCUT2D eigenvalue weighted by Gasteiger charge is -2.12. The number of hydrogen-bond donors (Lipinski definition) is 2. The Kier molecular flexibility index (Phi) is 6.76. The summed E-state index contributed by atoms with van der Waals surface area (Å²) in [6.07, 6.45) is -0.446. The molecule has 0 bridgehead atoms. The third-order valence-corrected chi connectivity index (χ3v) is 7.09. The maximum absolute atomic E-state index is 12.9. The van der Waals surface area contributed by atoms with Gasteiger partial charge in [0.1, 0.15) is 6.10 Å². The number of carbonyl (C=O) groups excluding carboxylic acids is 1. The Labute approximate surface area is 191 Å². The van der Waals surface area contributed by atoms with Crippen LogP contribution in [0.5, 0.6) is 0 Å². The highest BCUT2D eigenvalue weighted by atomic mass is 32.1. The Balaban J connectivity index is 1.49. The molecule has 2 unspecified atom stereocenters. The summed E-state index contributed by atoms with van der Waals surface area (Å²) in [7, 11) is -2.00. The van der Waals surface area contributed by atoms with Crippen LogP contribution in [0.3, 0.4) is 0 Å². The van der Waals surface area contributed by atoms with E-state index in [-0.39, 0.29) is 5.91 Å². The highest BCUT2D eigenvalue weighted by Gasteiger charge is 2.26. The summed E-state index contributed by atoms with van der Waals surface area (Å²) in [4.78, 5) is 14.0. The van der Waals surface area contributed by atoms with Crippen LogP contribution < -0.4 is 16.4 Å². The first kappa shape index (κ1) is 21.9. The van der Waals surface area contributed by atoms with E-state index in [0.29, 0.717) is 22.2 Å². The minimum absolute atomic E-state index is 0.276. The molecule has 0 fully saturated rings. The summed E-state index contributed by atoms with van der Waals surface area (Å²) >= 11 is 1.62. The first-order chi connectivity index (χ1) is 15.5. The number of nitrogen functional groups attached to an aromatic ring is 1. The van der Waals surface area contributed by atoms with Crippen molar-refractivity contribution in [3.8, 4) is 10.4 Å². The van der Waals surface area contributed by atoms with E-state index in [1.54, 1.807) is 47.7 Å². The molecular weight excluding hydrogens is 439 g/mol. The van der Waals surface area contributed by atoms with Crippen molar-refractivity contribution in [3.05, 3.63) is 101 Å². The second-order valence-electron chi connectivity index (χ2n) is 7.20. The van der Waals surface area contributed by atoms with Crippen LogP contribution >= 0.6 is 19.4 Å². The lowest BCUT2D eigenvalue weighted by Crippen LogP contribution is -2.14. The zero-order chi connectivity index (χ0) is 22.5. The monoisotopic (exact) mass is 461 g/mol. The molecule has 160 valence electrons. The van der Waals surface area contributed by atoms with Crippen LogP contribution in [0.1, 0.15) is 28.9 Å². The molecule has 0 aliphatic rings. The Morgan fingerprint density at radius 1 is 1.00 bits per heavy atom. The van der Waals surface area contributed by atoms with Crippen molar-refractivity contribution in [1.29, 1.82) is 0 Å². The van der Waals surface area contributed by atoms with E-state index < -0.39 is 14.1 Å². The van der Waals surface area contributed by atoms with Gasteiger partial charge in [0.15, 0.2) is 0 Å². The minimum atomic E-state index is -2.00. The molecule has 0 radical (unpaired) electrons. The molecule has 2 atom stereocenters. The van der Waals surface area contributed by atoms with Crippen LogP contribution in [-0.2, 0) is 9.09 Å². The van der Waals surface area contributed by atoms with Crippen LogP contribution in [0.15, 0.2) is 90.3 Å². The molecule has 0 aliphatic heterocycles. The normalized spacial score (nSPS) is 12.2. The number of carbonyl (C=O) groups is 1. The van der Waals surface area contributed by atoms with Gasteiger partial charge in [-0.3, -0.25) is 4.79 Å². The average Bonchev–Trinajstić information content (AvgIpc) is 3.36. The number of benzene rings is 3. The number of thiophene rings is 1. The van der Waals surface area contributed by atoms with Crippen molar-refractivity contribution in [2.75, 3.05) is 11.1 Å². The predicted octanol–water partition coefficient (Wildman–Crippen LogP) is 6.40. The van der Waals surface area contributed by atoms with Gasteiger partial charge in [-0.1, -0.05) is 42.5 Å². The molecule has 4 rings (SSSR count). The fourth-order valence-electron chi connectivity index (χ4n) is 3.20. The number of amides is 1. The van der Waals surface area contributed by atoms with Crippen molar-refractivity contribution in [2.45, 2.75) is 13.0 Å². The Bertz CT molecular complexity index is 1240. The van der Waals surface area contributed by atoms with Gasteiger partial charge in [-0.2, -0.15) is 0 Å². The van der Waals surface area contributed by atoms with E-state index in [1.165, 1.54) is 0 Å². The largest absolute Gasteiger partial charge is 0.549 e. The van der Waals surface area contributed by atoms with Crippen molar-refractivity contribution in [1.82, 2.24) is 0 Å². The van der Waals surface area contributed by atoms with Gasteiger partial charge in [-0.25, -0.2) is 0 Å². The third-order valence-electron chi connectivity index (χ3n) is 4.95. The van der Waals surface area contributed by atoms with Gasteiger partial charge in [0, 0.05) is 10.4 Å². The Morgan fingerprint density at radius 2 is 1.81 bits per heavy atom. The second-order valence-corrected chi connectivity index (χ2v) is 9.39. The highest BCUT2D eigenvalue weighted by Crippen LogP contribution is 2.32. The summed E-state index contributed by atoms with van der Waals surface area (Å²) in [5, 5.41) is 5.54. The fourth-order valence-corrected chi connectivity index (χ4v) is 4.87. The first-order valence-corrected chi connectivity index (χ1v) is 12.1. The lowest BCUT2D eigenvalue weighted by atomic mass is 10.1. The topological polar surface area (TPSA) is 81.4 Å². The molecule has 4 aromatic rings. The smallest absolute Gasteiger partial charge is 0.397 e. The number of anilines is 2. The van der Waals surface area contributed by atoms with Crippen LogP contribution in [0.2, 0.25) is 0 Å². The second kappa shape index (κ2) is 9.88. The van der Waals surface area contributed by atoms with Crippen LogP contribution in [0.25, 0.3) is 10.4 Å². The van der Waals surface area contributed by atoms with Gasteiger partial charge >= 0.3 is 8.03 Å². The summed E-state index contributed by atoms with van der Waals surface area (Å²) < 4.78 is 18.2. The maximum atomic E-state index is 12.9. The van der Waals surface area contributed by atoms with E-state index >= 15 is 0 Å². The van der Waals surface area contributed by atoms with E-state index in [9.17, 15) is 9.36 Å². The molecule has 0 spiro atoms. The first-order valence-electron chi connectivity index (χ1n) is 10.0. The van der Waals surface area contributed by atoms with Crippen molar-refractivity contribution in [2.24, 2.45) is 0 Å². The van der Waals surface area contributed by atoms with Crippen LogP contribution in [-0.4, -0.2) is 5.91 Å². The maximum Gasteiger partial charge on any atom is 0.549 e. The molecule has 7 heteroatoms. The molecule has 32 heavy (non-hydrogen) atoms. The van der Waals surface area contributed by atoms with Gasteiger partial charge in [0.05, 0.1) is 11.4 Å². The van der Waals surface area contributed by atoms with Crippen LogP contribution in [0, 0.1) is 0 Å². The zero-order valence-electron chi connectivity index (χ0n) is 17.4. The summed E-state index contributed by atoms with van der Waals surface area (Å²) in [5.41, 5.74) is 9.36. The summed E-state index contributed by atoms with van der Waals surface area (Å²) in [6.45, 7) is 1.82. The van der Waals surface area contributed by atoms with Gasteiger partial charge in [0.2, 0.25) is 5.30 Å². The predicted molar refractivity (Wildman–Crippen MR) is 132 cm³/mol. The van der Waals surface area contributed by atoms with Crippen molar-refractivity contribution < 1.29 is 13.9 Å². The molecular formula is C25H22N2O3PS+. The molecule has 1 heterocycles. The lowest BCUT2D eigenvalue weighted by molar-refractivity contribution is 0.102. The molecule has 3 aromatic carbocycles. The molecule has 0 saturated heterocycles. The summed E-state index contributed by atoms with van der Waals surface area (Å²) in [6, 6.07) is 25.7. The molecule has 0 aliphatic carbocycles. The van der Waals surface area contributed by atoms with Gasteiger partial charge in [-0.05, 0) is 70.5 Å². The number of nitrogens with two attached hydrogens (primary N) is 1. The number of rotatable bonds is 7. The van der Waals surface area contributed by atoms with Gasteiger partial charge in [-0.15, -0.1) is 15.9 Å². The third kappa shape index (κ3) is 5.11. The minimum Gasteiger partial charge on any atom is -0.397 e. The van der Waals surface area contributed by atoms with Crippen molar-refractivity contribution in [3.63, 3.8) is 0 Å². The summed E-state index contributed by atoms with van der Waals surface area (Å²) in [5.74, 6) is -0.276. The SMILES string of the molecule is CC(O[P+](=O)c1ccccc1)c1cccc(C(=O)Nc2cc(-c3cccs3)ccc2N)c1. The van der Waals surface area contributed by atoms with Gasteiger partial charge in [0.25, 0.3) is 5.91 Å². The van der Waals surface area contributed by atoms with E-state index in [1.807, 2.05) is 60.8 Å². The molecule has 0 saturated carbocycles. The zero-order valence-corrected chi connectivity index (χ0v) is 19.1. The van der Waals surface area contributed by atoms with E-state index in [2.05, 4.69) is 5.32 Å². The molecule has 5 nitrogen and oxygen atoms in total. The van der Waals surface area contributed by atoms with E-state index in [4.69, 9.17) is 10.3 Å². The average molecular weight is 462 g/mol. The van der Waals surface area contributed by atoms with E-state index in [0.717, 1.165) is 16.0 Å². The quantitative estimate of drug-likeness (QED) is 0.247. The number of hydrogen-bond acceptors (Lipinski definition) is 5.